The topological polar surface area (TPSA) is 26.0 Å². The van der Waals surface area contributed by atoms with Crippen molar-refractivity contribution in [2.75, 3.05) is 0 Å². The molecule has 0 bridgehead atoms. The first kappa shape index (κ1) is 7.76. The summed E-state index contributed by atoms with van der Waals surface area (Å²) >= 11 is 1.77. The van der Waals surface area contributed by atoms with Gasteiger partial charge in [-0.25, -0.2) is 0 Å². The average Bonchev–Trinajstić information content (AvgIpc) is 2.11. The van der Waals surface area contributed by atoms with Crippen molar-refractivity contribution >= 4 is 11.3 Å². The van der Waals surface area contributed by atoms with Crippen LogP contribution in [0.25, 0.3) is 0 Å². The van der Waals surface area contributed by atoms with Crippen LogP contribution in [0.4, 0.5) is 0 Å². The van der Waals surface area contributed by atoms with E-state index in [1.807, 2.05) is 13.8 Å². The number of rotatable bonds is 1. The highest BCUT2D eigenvalue weighted by Gasteiger charge is 2.14. The minimum Gasteiger partial charge on any atom is -0.321 e. The second-order valence-corrected chi connectivity index (χ2v) is 4.42. The Morgan fingerprint density at radius 1 is 1.40 bits per heavy atom. The zero-order valence-electron chi connectivity index (χ0n) is 6.64. The molecule has 0 saturated heterocycles. The summed E-state index contributed by atoms with van der Waals surface area (Å²) in [7, 11) is 0. The second kappa shape index (κ2) is 2.36. The van der Waals surface area contributed by atoms with Crippen molar-refractivity contribution in [1.82, 2.24) is 0 Å². The summed E-state index contributed by atoms with van der Waals surface area (Å²) in [6, 6.07) is 4.20. The van der Waals surface area contributed by atoms with Gasteiger partial charge in [-0.2, -0.15) is 0 Å². The normalized spacial score (nSPS) is 12.0. The van der Waals surface area contributed by atoms with Crippen molar-refractivity contribution in [3.63, 3.8) is 0 Å². The fraction of sp³-hybridized carbons (Fsp3) is 0.500. The van der Waals surface area contributed by atoms with Gasteiger partial charge in [0.1, 0.15) is 0 Å². The zero-order valence-corrected chi connectivity index (χ0v) is 7.46. The van der Waals surface area contributed by atoms with E-state index in [1.54, 1.807) is 11.3 Å². The molecule has 1 aromatic heterocycles. The van der Waals surface area contributed by atoms with Crippen molar-refractivity contribution in [1.29, 1.82) is 0 Å². The summed E-state index contributed by atoms with van der Waals surface area (Å²) in [5, 5.41) is 0. The molecule has 1 nitrogen and oxygen atoms in total. The summed E-state index contributed by atoms with van der Waals surface area (Å²) in [6.07, 6.45) is 0. The van der Waals surface area contributed by atoms with E-state index in [4.69, 9.17) is 5.73 Å². The lowest BCUT2D eigenvalue weighted by Crippen LogP contribution is -2.27. The molecule has 2 heteroatoms. The Labute approximate surface area is 65.9 Å². The summed E-state index contributed by atoms with van der Waals surface area (Å²) in [6.45, 7) is 6.15. The Balaban J connectivity index is 2.96. The Morgan fingerprint density at radius 2 is 2.00 bits per heavy atom. The van der Waals surface area contributed by atoms with E-state index in [0.29, 0.717) is 0 Å². The Kier molecular flexibility index (Phi) is 1.84. The number of hydrogen-bond donors (Lipinski definition) is 1. The molecule has 0 aliphatic heterocycles. The Bertz CT molecular complexity index is 219. The lowest BCUT2D eigenvalue weighted by molar-refractivity contribution is 0.567. The third kappa shape index (κ3) is 1.58. The van der Waals surface area contributed by atoms with E-state index < -0.39 is 0 Å². The smallest absolute Gasteiger partial charge is 0.0446 e. The van der Waals surface area contributed by atoms with Gasteiger partial charge in [0.05, 0.1) is 0 Å². The molecule has 0 spiro atoms. The molecule has 0 unspecified atom stereocenters. The first-order chi connectivity index (χ1) is 4.50. The van der Waals surface area contributed by atoms with Gasteiger partial charge in [-0.05, 0) is 32.9 Å². The van der Waals surface area contributed by atoms with Gasteiger partial charge in [-0.1, -0.05) is 0 Å². The molecule has 10 heavy (non-hydrogen) atoms. The highest BCUT2D eigenvalue weighted by molar-refractivity contribution is 7.12. The highest BCUT2D eigenvalue weighted by Crippen LogP contribution is 2.24. The SMILES string of the molecule is Cc1ccc(C(C)(C)N)s1. The molecule has 0 radical (unpaired) electrons. The van der Waals surface area contributed by atoms with Gasteiger partial charge in [-0.3, -0.25) is 0 Å². The maximum Gasteiger partial charge on any atom is 0.0446 e. The predicted molar refractivity (Wildman–Crippen MR) is 46.3 cm³/mol. The third-order valence-electron chi connectivity index (χ3n) is 1.38. The van der Waals surface area contributed by atoms with Crippen LogP contribution in [0.1, 0.15) is 23.6 Å². The third-order valence-corrected chi connectivity index (χ3v) is 2.72. The maximum absolute atomic E-state index is 5.88. The number of aryl methyl sites for hydroxylation is 1. The summed E-state index contributed by atoms with van der Waals surface area (Å²) in [4.78, 5) is 2.58. The molecule has 0 atom stereocenters. The largest absolute Gasteiger partial charge is 0.321 e. The molecule has 0 aliphatic rings. The molecular formula is C8H13NS. The zero-order chi connectivity index (χ0) is 7.78. The van der Waals surface area contributed by atoms with E-state index in [9.17, 15) is 0 Å². The van der Waals surface area contributed by atoms with E-state index in [1.165, 1.54) is 9.75 Å². The fourth-order valence-electron chi connectivity index (χ4n) is 0.781. The first-order valence-corrected chi connectivity index (χ1v) is 4.17. The van der Waals surface area contributed by atoms with Gasteiger partial charge >= 0.3 is 0 Å². The van der Waals surface area contributed by atoms with Gasteiger partial charge in [-0.15, -0.1) is 11.3 Å². The van der Waals surface area contributed by atoms with Crippen LogP contribution in [-0.2, 0) is 5.54 Å². The average molecular weight is 155 g/mol. The highest BCUT2D eigenvalue weighted by atomic mass is 32.1. The summed E-state index contributed by atoms with van der Waals surface area (Å²) in [5.74, 6) is 0. The van der Waals surface area contributed by atoms with Crippen LogP contribution in [0.2, 0.25) is 0 Å². The van der Waals surface area contributed by atoms with Gasteiger partial charge in [0.2, 0.25) is 0 Å². The molecular weight excluding hydrogens is 142 g/mol. The van der Waals surface area contributed by atoms with Crippen molar-refractivity contribution in [2.45, 2.75) is 26.3 Å². The quantitative estimate of drug-likeness (QED) is 0.661. The minimum absolute atomic E-state index is 0.168. The van der Waals surface area contributed by atoms with Crippen LogP contribution < -0.4 is 5.73 Å². The van der Waals surface area contributed by atoms with Crippen LogP contribution in [0, 0.1) is 6.92 Å². The van der Waals surface area contributed by atoms with Crippen LogP contribution >= 0.6 is 11.3 Å². The Hall–Kier alpha value is -0.340. The van der Waals surface area contributed by atoms with Gasteiger partial charge < -0.3 is 5.73 Å². The lowest BCUT2D eigenvalue weighted by Gasteiger charge is -2.15. The van der Waals surface area contributed by atoms with Gasteiger partial charge in [0, 0.05) is 15.3 Å². The molecule has 1 heterocycles. The first-order valence-electron chi connectivity index (χ1n) is 3.36. The standard InChI is InChI=1S/C8H13NS/c1-6-4-5-7(10-6)8(2,3)9/h4-5H,9H2,1-3H3. The molecule has 0 fully saturated rings. The fourth-order valence-corrected chi connectivity index (χ4v) is 1.66. The lowest BCUT2D eigenvalue weighted by atomic mass is 10.1. The van der Waals surface area contributed by atoms with Crippen LogP contribution in [-0.4, -0.2) is 0 Å². The molecule has 56 valence electrons. The van der Waals surface area contributed by atoms with E-state index in [-0.39, 0.29) is 5.54 Å². The monoisotopic (exact) mass is 155 g/mol. The number of hydrogen-bond acceptors (Lipinski definition) is 2. The van der Waals surface area contributed by atoms with Crippen LogP contribution in [0.3, 0.4) is 0 Å². The van der Waals surface area contributed by atoms with Crippen molar-refractivity contribution in [2.24, 2.45) is 5.73 Å². The van der Waals surface area contributed by atoms with E-state index >= 15 is 0 Å². The molecule has 0 aromatic carbocycles. The molecule has 0 aliphatic carbocycles. The molecule has 0 amide bonds. The van der Waals surface area contributed by atoms with Crippen molar-refractivity contribution in [3.05, 3.63) is 21.9 Å². The molecule has 2 N–H and O–H groups in total. The second-order valence-electron chi connectivity index (χ2n) is 3.13. The molecule has 0 saturated carbocycles. The molecule has 1 rings (SSSR count). The van der Waals surface area contributed by atoms with Crippen LogP contribution in [0.15, 0.2) is 12.1 Å². The summed E-state index contributed by atoms with van der Waals surface area (Å²) < 4.78 is 0. The van der Waals surface area contributed by atoms with Gasteiger partial charge in [0.25, 0.3) is 0 Å². The van der Waals surface area contributed by atoms with Crippen molar-refractivity contribution in [3.8, 4) is 0 Å². The van der Waals surface area contributed by atoms with E-state index in [2.05, 4.69) is 19.1 Å². The summed E-state index contributed by atoms with van der Waals surface area (Å²) in [5.41, 5.74) is 5.71. The number of nitrogens with two attached hydrogens (primary N) is 1. The minimum atomic E-state index is -0.168. The predicted octanol–water partition coefficient (Wildman–Crippen LogP) is 2.25. The maximum atomic E-state index is 5.88. The van der Waals surface area contributed by atoms with Gasteiger partial charge in [0.15, 0.2) is 0 Å². The number of thiophene rings is 1. The van der Waals surface area contributed by atoms with Crippen molar-refractivity contribution < 1.29 is 0 Å². The van der Waals surface area contributed by atoms with Crippen LogP contribution in [0.5, 0.6) is 0 Å². The molecule has 1 aromatic rings. The Morgan fingerprint density at radius 3 is 2.20 bits per heavy atom. The van der Waals surface area contributed by atoms with E-state index in [0.717, 1.165) is 0 Å².